The number of carbonyl (C=O) groups is 3. The molecular formula is C52H59FN8O7S. The minimum absolute atomic E-state index is 0.0412. The third-order valence-corrected chi connectivity index (χ3v) is 15.6. The van der Waals surface area contributed by atoms with Crippen molar-refractivity contribution in [3.05, 3.63) is 88.1 Å². The number of likely N-dealkylation sites (tertiary alicyclic amines) is 2. The van der Waals surface area contributed by atoms with Crippen molar-refractivity contribution in [3.63, 3.8) is 0 Å². The molecule has 3 amide bonds. The molecule has 3 N–H and O–H groups in total. The Labute approximate surface area is 404 Å². The molecule has 1 saturated carbocycles. The maximum Gasteiger partial charge on any atom is 0.410 e. The van der Waals surface area contributed by atoms with Gasteiger partial charge in [0.2, 0.25) is 12.1 Å². The van der Waals surface area contributed by atoms with Gasteiger partial charge < -0.3 is 39.1 Å². The van der Waals surface area contributed by atoms with Crippen LogP contribution in [0, 0.1) is 11.7 Å². The quantitative estimate of drug-likeness (QED) is 0.128. The Morgan fingerprint density at radius 2 is 1.52 bits per heavy atom. The highest BCUT2D eigenvalue weighted by Crippen LogP contribution is 2.50. The van der Waals surface area contributed by atoms with Crippen LogP contribution >= 0.6 is 11.3 Å². The summed E-state index contributed by atoms with van der Waals surface area (Å²) in [6.07, 6.45) is 8.59. The predicted octanol–water partition coefficient (Wildman–Crippen LogP) is 10.8. The lowest BCUT2D eigenvalue weighted by Gasteiger charge is -2.38. The van der Waals surface area contributed by atoms with E-state index in [0.29, 0.717) is 71.8 Å². The van der Waals surface area contributed by atoms with Crippen molar-refractivity contribution >= 4 is 40.3 Å². The summed E-state index contributed by atoms with van der Waals surface area (Å²) in [6, 6.07) is 14.6. The molecule has 2 aromatic carbocycles. The molecule has 6 atom stereocenters. The van der Waals surface area contributed by atoms with E-state index in [9.17, 15) is 14.4 Å². The van der Waals surface area contributed by atoms with Crippen LogP contribution in [0.2, 0.25) is 0 Å². The molecule has 11 rings (SSSR count). The second-order valence-electron chi connectivity index (χ2n) is 20.5. The van der Waals surface area contributed by atoms with Crippen LogP contribution in [0.25, 0.3) is 44.7 Å². The zero-order valence-corrected chi connectivity index (χ0v) is 40.7. The Kier molecular flexibility index (Phi) is 11.6. The minimum atomic E-state index is -0.757. The smallest absolute Gasteiger partial charge is 0.410 e. The van der Waals surface area contributed by atoms with E-state index < -0.39 is 29.8 Å². The molecule has 0 bridgehead atoms. The van der Waals surface area contributed by atoms with Crippen LogP contribution in [0.5, 0.6) is 5.75 Å². The molecule has 17 heteroatoms. The SMILES string of the molecule is COC(=O)NC(C(=O)N1CCCC1c1ncc(-c2ccc3c(c2)cc2n3C(c3ccc(C4CC4)s3)Oc3cc(-c4cnc(C5CCCN5C(=O)OC(C)(C)C)[nH]4)cc(F)c3-2)[nH]1)C1CC(C)OC(C)C1. The summed E-state index contributed by atoms with van der Waals surface area (Å²) >= 11 is 1.75. The zero-order valence-electron chi connectivity index (χ0n) is 39.8. The average Bonchev–Trinajstić information content (AvgIpc) is 4.03. The van der Waals surface area contributed by atoms with Gasteiger partial charge in [0.05, 0.1) is 76.8 Å². The third kappa shape index (κ3) is 8.65. The van der Waals surface area contributed by atoms with Gasteiger partial charge in [-0.1, -0.05) is 6.07 Å². The van der Waals surface area contributed by atoms with Crippen molar-refractivity contribution in [1.29, 1.82) is 0 Å². The van der Waals surface area contributed by atoms with Crippen LogP contribution in [0.15, 0.2) is 60.9 Å². The first kappa shape index (κ1) is 45.3. The van der Waals surface area contributed by atoms with E-state index in [1.54, 1.807) is 28.6 Å². The molecule has 3 saturated heterocycles. The molecule has 6 unspecified atom stereocenters. The summed E-state index contributed by atoms with van der Waals surface area (Å²) in [6.45, 7) is 10.7. The number of ether oxygens (including phenoxy) is 4. The predicted molar refractivity (Wildman–Crippen MR) is 258 cm³/mol. The van der Waals surface area contributed by atoms with Gasteiger partial charge in [0, 0.05) is 34.5 Å². The number of carbonyl (C=O) groups excluding carboxylic acids is 3. The van der Waals surface area contributed by atoms with Crippen molar-refractivity contribution in [3.8, 4) is 39.5 Å². The molecule has 15 nitrogen and oxygen atoms in total. The normalized spacial score (nSPS) is 23.9. The molecule has 4 aliphatic heterocycles. The number of rotatable bonds is 9. The Morgan fingerprint density at radius 3 is 2.20 bits per heavy atom. The van der Waals surface area contributed by atoms with Crippen LogP contribution < -0.4 is 10.1 Å². The fourth-order valence-corrected chi connectivity index (χ4v) is 12.3. The van der Waals surface area contributed by atoms with Crippen LogP contribution in [0.4, 0.5) is 14.0 Å². The molecular weight excluding hydrogens is 900 g/mol. The fourth-order valence-electron chi connectivity index (χ4n) is 11.1. The Hall–Kier alpha value is -6.20. The molecule has 6 aromatic rings. The topological polar surface area (TPSA) is 169 Å². The molecule has 1 aliphatic carbocycles. The number of nitrogens with zero attached hydrogens (tertiary/aromatic N) is 5. The van der Waals surface area contributed by atoms with E-state index in [-0.39, 0.29) is 42.2 Å². The van der Waals surface area contributed by atoms with Gasteiger partial charge in [0.1, 0.15) is 34.9 Å². The van der Waals surface area contributed by atoms with Gasteiger partial charge in [0.15, 0.2) is 0 Å². The molecule has 0 radical (unpaired) electrons. The summed E-state index contributed by atoms with van der Waals surface area (Å²) in [7, 11) is 1.31. The zero-order chi connectivity index (χ0) is 47.9. The van der Waals surface area contributed by atoms with Gasteiger partial charge in [-0.2, -0.15) is 0 Å². The maximum atomic E-state index is 16.9. The first-order valence-electron chi connectivity index (χ1n) is 24.4. The molecule has 362 valence electrons. The second kappa shape index (κ2) is 17.6. The number of thiophene rings is 1. The van der Waals surface area contributed by atoms with Crippen molar-refractivity contribution < 1.29 is 37.7 Å². The summed E-state index contributed by atoms with van der Waals surface area (Å²) in [4.78, 5) is 62.5. The Morgan fingerprint density at radius 1 is 0.855 bits per heavy atom. The molecule has 4 aromatic heterocycles. The van der Waals surface area contributed by atoms with Crippen LogP contribution in [-0.4, -0.2) is 96.4 Å². The van der Waals surface area contributed by atoms with E-state index in [0.717, 1.165) is 52.7 Å². The molecule has 8 heterocycles. The first-order valence-corrected chi connectivity index (χ1v) is 25.2. The lowest BCUT2D eigenvalue weighted by atomic mass is 9.85. The number of H-pyrrole nitrogens is 2. The largest absolute Gasteiger partial charge is 0.464 e. The minimum Gasteiger partial charge on any atom is -0.464 e. The lowest BCUT2D eigenvalue weighted by molar-refractivity contribution is -0.138. The number of halogens is 1. The molecule has 5 aliphatic rings. The van der Waals surface area contributed by atoms with Gasteiger partial charge >= 0.3 is 12.2 Å². The second-order valence-corrected chi connectivity index (χ2v) is 21.6. The highest BCUT2D eigenvalue weighted by molar-refractivity contribution is 7.12. The standard InChI is InChI=1S/C52H59FN8O7S/c1-27-19-33(20-28(2)66-27)45(58-50(63)65-6)48(62)59-17-7-9-38(59)46-54-25-35(56-46)30-13-14-37-32(21-30)23-40-44-34(53)22-31(24-41(44)67-49(61(37)40)43-16-15-42(69-43)29-11-12-29)36-26-55-47(57-36)39-10-8-18-60(39)51(64)68-52(3,4)5/h13-16,21-29,33,38-39,45,49H,7-12,17-20H2,1-6H3,(H,54,56)(H,55,57)(H,58,63). The fraction of sp³-hybridized carbons (Fsp3) is 0.481. The van der Waals surface area contributed by atoms with E-state index in [1.807, 2.05) is 57.7 Å². The first-order chi connectivity index (χ1) is 33.2. The van der Waals surface area contributed by atoms with Crippen molar-refractivity contribution in [2.75, 3.05) is 20.2 Å². The van der Waals surface area contributed by atoms with Crippen molar-refractivity contribution in [2.45, 2.75) is 134 Å². The molecule has 0 spiro atoms. The van der Waals surface area contributed by atoms with E-state index in [4.69, 9.17) is 28.9 Å². The van der Waals surface area contributed by atoms with Crippen molar-refractivity contribution in [2.24, 2.45) is 5.92 Å². The summed E-state index contributed by atoms with van der Waals surface area (Å²) in [5, 5.41) is 3.77. The van der Waals surface area contributed by atoms with E-state index in [2.05, 4.69) is 44.1 Å². The third-order valence-electron chi connectivity index (χ3n) is 14.3. The number of amides is 3. The number of benzene rings is 2. The summed E-state index contributed by atoms with van der Waals surface area (Å²) in [5.74, 6) is 1.61. The Bertz CT molecular complexity index is 2940. The maximum absolute atomic E-state index is 16.9. The number of nitrogens with one attached hydrogen (secondary N) is 3. The van der Waals surface area contributed by atoms with Gasteiger partial charge in [-0.05, 0) is 140 Å². The number of alkyl carbamates (subject to hydrolysis) is 1. The van der Waals surface area contributed by atoms with Crippen LogP contribution in [0.3, 0.4) is 0 Å². The van der Waals surface area contributed by atoms with Gasteiger partial charge in [0.25, 0.3) is 0 Å². The van der Waals surface area contributed by atoms with E-state index >= 15 is 4.39 Å². The van der Waals surface area contributed by atoms with Gasteiger partial charge in [-0.3, -0.25) is 14.3 Å². The lowest BCUT2D eigenvalue weighted by Crippen LogP contribution is -2.54. The van der Waals surface area contributed by atoms with Crippen LogP contribution in [-0.2, 0) is 19.0 Å². The summed E-state index contributed by atoms with van der Waals surface area (Å²) in [5.41, 5.74) is 4.23. The van der Waals surface area contributed by atoms with E-state index in [1.165, 1.54) is 30.9 Å². The Balaban J connectivity index is 0.902. The highest BCUT2D eigenvalue weighted by Gasteiger charge is 2.43. The van der Waals surface area contributed by atoms with Gasteiger partial charge in [-0.25, -0.2) is 23.9 Å². The number of aromatic amines is 2. The summed E-state index contributed by atoms with van der Waals surface area (Å²) < 4.78 is 42.5. The number of aromatic nitrogens is 5. The number of hydrogen-bond donors (Lipinski definition) is 3. The average molecular weight is 959 g/mol. The monoisotopic (exact) mass is 958 g/mol. The molecule has 69 heavy (non-hydrogen) atoms. The van der Waals surface area contributed by atoms with Crippen molar-refractivity contribution in [1.82, 2.24) is 39.6 Å². The number of fused-ring (bicyclic) bond motifs is 5. The number of imidazole rings is 2. The van der Waals surface area contributed by atoms with Crippen LogP contribution in [0.1, 0.15) is 132 Å². The molecule has 4 fully saturated rings. The number of hydrogen-bond acceptors (Lipinski definition) is 10. The number of methoxy groups -OCH3 is 1. The highest BCUT2D eigenvalue weighted by atomic mass is 32.1. The van der Waals surface area contributed by atoms with Gasteiger partial charge in [-0.15, -0.1) is 11.3 Å².